The van der Waals surface area contributed by atoms with E-state index in [9.17, 15) is 5.11 Å². The largest absolute Gasteiger partial charge is 0.386 e. The topological polar surface area (TPSA) is 20.2 Å². The maximum Gasteiger partial charge on any atom is 0.0800 e. The zero-order valence-electron chi connectivity index (χ0n) is 8.53. The fourth-order valence-electron chi connectivity index (χ4n) is 1.56. The van der Waals surface area contributed by atoms with Gasteiger partial charge in [-0.3, -0.25) is 0 Å². The van der Waals surface area contributed by atoms with Crippen molar-refractivity contribution in [2.75, 3.05) is 0 Å². The van der Waals surface area contributed by atoms with Crippen molar-refractivity contribution in [2.45, 2.75) is 30.5 Å². The Hall–Kier alpha value is -0.365. The van der Waals surface area contributed by atoms with Crippen molar-refractivity contribution in [3.63, 3.8) is 0 Å². The molecule has 68 valence electrons. The SMILES string of the molecule is [B]C([B])([B])C(=C)C1C=CC(C)(O)CC1. The Morgan fingerprint density at radius 3 is 2.50 bits per heavy atom. The van der Waals surface area contributed by atoms with E-state index in [0.717, 1.165) is 6.42 Å². The molecule has 0 fully saturated rings. The number of aliphatic hydroxyl groups is 1. The van der Waals surface area contributed by atoms with Gasteiger partial charge in [-0.25, -0.2) is 0 Å². The molecule has 0 aromatic carbocycles. The first-order chi connectivity index (χ1) is 6.22. The first-order valence-corrected chi connectivity index (χ1v) is 4.70. The van der Waals surface area contributed by atoms with E-state index in [1.165, 1.54) is 0 Å². The molecule has 0 aromatic heterocycles. The summed E-state index contributed by atoms with van der Waals surface area (Å²) < 4.78 is 0. The van der Waals surface area contributed by atoms with Crippen LogP contribution in [-0.4, -0.2) is 34.2 Å². The van der Waals surface area contributed by atoms with E-state index in [-0.39, 0.29) is 5.92 Å². The number of rotatable bonds is 2. The summed E-state index contributed by atoms with van der Waals surface area (Å²) in [6, 6.07) is 0. The van der Waals surface area contributed by atoms with Gasteiger partial charge in [0.05, 0.1) is 29.1 Å². The lowest BCUT2D eigenvalue weighted by atomic mass is 9.38. The lowest BCUT2D eigenvalue weighted by molar-refractivity contribution is 0.0902. The van der Waals surface area contributed by atoms with Gasteiger partial charge >= 0.3 is 0 Å². The van der Waals surface area contributed by atoms with Gasteiger partial charge in [0.1, 0.15) is 0 Å². The van der Waals surface area contributed by atoms with E-state index >= 15 is 0 Å². The zero-order chi connectivity index (χ0) is 11.0. The molecule has 2 atom stereocenters. The summed E-state index contributed by atoms with van der Waals surface area (Å²) >= 11 is 0. The molecule has 1 rings (SSSR count). The van der Waals surface area contributed by atoms with Crippen LogP contribution in [0.15, 0.2) is 24.3 Å². The minimum atomic E-state index is -1.34. The molecule has 14 heavy (non-hydrogen) atoms. The molecule has 0 bridgehead atoms. The standard InChI is InChI=1S/C10H13B3O/c1-7(10(11,12)13)8-3-5-9(2,14)6-4-8/h3,5,8,14H,1,4,6H2,2H3. The maximum absolute atomic E-state index is 9.67. The van der Waals surface area contributed by atoms with Crippen molar-refractivity contribution in [1.29, 1.82) is 0 Å². The fraction of sp³-hybridized carbons (Fsp3) is 0.600. The Labute approximate surface area is 89.9 Å². The highest BCUT2D eigenvalue weighted by molar-refractivity contribution is 6.61. The Bertz CT molecular complexity index is 263. The molecule has 6 radical (unpaired) electrons. The third-order valence-electron chi connectivity index (χ3n) is 2.65. The minimum Gasteiger partial charge on any atom is -0.386 e. The molecular formula is C10H13B3O. The first kappa shape index (κ1) is 11.7. The highest BCUT2D eigenvalue weighted by Crippen LogP contribution is 2.36. The summed E-state index contributed by atoms with van der Waals surface area (Å²) in [5.41, 5.74) is -0.124. The van der Waals surface area contributed by atoms with Crippen LogP contribution >= 0.6 is 0 Å². The van der Waals surface area contributed by atoms with Crippen molar-refractivity contribution < 1.29 is 5.11 Å². The Morgan fingerprint density at radius 2 is 2.14 bits per heavy atom. The molecule has 0 amide bonds. The summed E-state index contributed by atoms with van der Waals surface area (Å²) in [7, 11) is 16.6. The van der Waals surface area contributed by atoms with Gasteiger partial charge in [-0.1, -0.05) is 17.7 Å². The third-order valence-corrected chi connectivity index (χ3v) is 2.65. The van der Waals surface area contributed by atoms with Gasteiger partial charge in [0, 0.05) is 0 Å². The molecule has 0 aliphatic heterocycles. The van der Waals surface area contributed by atoms with E-state index in [4.69, 9.17) is 23.5 Å². The van der Waals surface area contributed by atoms with Crippen molar-refractivity contribution in [2.24, 2.45) is 5.92 Å². The van der Waals surface area contributed by atoms with Crippen molar-refractivity contribution in [1.82, 2.24) is 0 Å². The molecule has 1 aliphatic rings. The average molecular weight is 182 g/mol. The van der Waals surface area contributed by atoms with Crippen molar-refractivity contribution >= 4 is 23.5 Å². The second-order valence-corrected chi connectivity index (χ2v) is 4.32. The molecule has 0 aromatic rings. The van der Waals surface area contributed by atoms with Gasteiger partial charge in [0.2, 0.25) is 0 Å². The van der Waals surface area contributed by atoms with Gasteiger partial charge in [0.25, 0.3) is 0 Å². The molecule has 0 spiro atoms. The van der Waals surface area contributed by atoms with Crippen LogP contribution in [0.5, 0.6) is 0 Å². The van der Waals surface area contributed by atoms with Crippen LogP contribution in [0.25, 0.3) is 0 Å². The van der Waals surface area contributed by atoms with Crippen LogP contribution < -0.4 is 0 Å². The summed E-state index contributed by atoms with van der Waals surface area (Å²) in [6.45, 7) is 5.56. The summed E-state index contributed by atoms with van der Waals surface area (Å²) in [5, 5.41) is 8.33. The lowest BCUT2D eigenvalue weighted by Gasteiger charge is -2.34. The smallest absolute Gasteiger partial charge is 0.0800 e. The molecule has 0 saturated carbocycles. The summed E-state index contributed by atoms with van der Waals surface area (Å²) in [5.74, 6) is 0.0650. The molecule has 1 aliphatic carbocycles. The van der Waals surface area contributed by atoms with Crippen molar-refractivity contribution in [3.8, 4) is 0 Å². The zero-order valence-corrected chi connectivity index (χ0v) is 8.53. The molecule has 0 saturated heterocycles. The van der Waals surface area contributed by atoms with Gasteiger partial charge in [-0.2, -0.15) is 0 Å². The van der Waals surface area contributed by atoms with Crippen LogP contribution in [-0.2, 0) is 0 Å². The van der Waals surface area contributed by atoms with Gasteiger partial charge in [-0.05, 0) is 25.7 Å². The van der Waals surface area contributed by atoms with Crippen LogP contribution in [0, 0.1) is 5.92 Å². The molecule has 2 unspecified atom stereocenters. The van der Waals surface area contributed by atoms with E-state index in [0.29, 0.717) is 12.0 Å². The summed E-state index contributed by atoms with van der Waals surface area (Å²) in [4.78, 5) is 0. The normalized spacial score (nSPS) is 32.9. The second kappa shape index (κ2) is 3.65. The average Bonchev–Trinajstić information content (AvgIpc) is 2.01. The van der Waals surface area contributed by atoms with Crippen LogP contribution in [0.1, 0.15) is 19.8 Å². The molecule has 1 N–H and O–H groups in total. The number of allylic oxidation sites excluding steroid dienone is 2. The van der Waals surface area contributed by atoms with E-state index in [1.807, 2.05) is 6.08 Å². The quantitative estimate of drug-likeness (QED) is 0.495. The lowest BCUT2D eigenvalue weighted by Crippen LogP contribution is -2.29. The maximum atomic E-state index is 9.67. The van der Waals surface area contributed by atoms with Gasteiger partial charge in [0.15, 0.2) is 0 Å². The third kappa shape index (κ3) is 2.81. The number of hydrogen-bond donors (Lipinski definition) is 1. The molecule has 0 heterocycles. The highest BCUT2D eigenvalue weighted by atomic mass is 16.3. The fourth-order valence-corrected chi connectivity index (χ4v) is 1.56. The minimum absolute atomic E-state index is 0.0650. The van der Waals surface area contributed by atoms with Gasteiger partial charge in [-0.15, -0.1) is 11.7 Å². The monoisotopic (exact) mass is 182 g/mol. The highest BCUT2D eigenvalue weighted by Gasteiger charge is 2.27. The van der Waals surface area contributed by atoms with E-state index in [1.54, 1.807) is 13.0 Å². The van der Waals surface area contributed by atoms with Crippen LogP contribution in [0.2, 0.25) is 5.11 Å². The van der Waals surface area contributed by atoms with E-state index < -0.39 is 10.7 Å². The summed E-state index contributed by atoms with van der Waals surface area (Å²) in [6.07, 6.45) is 5.06. The Balaban J connectivity index is 2.71. The van der Waals surface area contributed by atoms with Crippen molar-refractivity contribution in [3.05, 3.63) is 24.3 Å². The Kier molecular flexibility index (Phi) is 3.06. The predicted molar refractivity (Wildman–Crippen MR) is 61.6 cm³/mol. The van der Waals surface area contributed by atoms with Crippen LogP contribution in [0.4, 0.5) is 0 Å². The van der Waals surface area contributed by atoms with Gasteiger partial charge < -0.3 is 5.11 Å². The second-order valence-electron chi connectivity index (χ2n) is 4.32. The van der Waals surface area contributed by atoms with Crippen LogP contribution in [0.3, 0.4) is 0 Å². The molecule has 4 heteroatoms. The molecular weight excluding hydrogens is 169 g/mol. The van der Waals surface area contributed by atoms with E-state index in [2.05, 4.69) is 6.58 Å². The predicted octanol–water partition coefficient (Wildman–Crippen LogP) is 0.839. The first-order valence-electron chi connectivity index (χ1n) is 4.70. The molecule has 1 nitrogen and oxygen atoms in total. The Morgan fingerprint density at radius 1 is 1.57 bits per heavy atom. The number of hydrogen-bond acceptors (Lipinski definition) is 1.